The Kier molecular flexibility index (Phi) is 6.35. The highest BCUT2D eigenvalue weighted by molar-refractivity contribution is 6.02. The van der Waals surface area contributed by atoms with Crippen LogP contribution in [0.3, 0.4) is 0 Å². The van der Waals surface area contributed by atoms with E-state index in [0.717, 1.165) is 5.56 Å². The molecule has 0 spiro atoms. The number of rotatable bonds is 7. The van der Waals surface area contributed by atoms with Gasteiger partial charge in [-0.1, -0.05) is 35.9 Å². The summed E-state index contributed by atoms with van der Waals surface area (Å²) in [5.74, 6) is 0.840. The lowest BCUT2D eigenvalue weighted by Gasteiger charge is -2.37. The minimum absolute atomic E-state index is 0.243. The number of hydrogen-bond acceptors (Lipinski definition) is 6. The van der Waals surface area contributed by atoms with Gasteiger partial charge < -0.3 is 19.5 Å². The van der Waals surface area contributed by atoms with Crippen molar-refractivity contribution in [1.82, 2.24) is 10.4 Å². The van der Waals surface area contributed by atoms with Gasteiger partial charge in [0.1, 0.15) is 11.9 Å². The van der Waals surface area contributed by atoms with E-state index < -0.39 is 12.1 Å². The highest BCUT2D eigenvalue weighted by atomic mass is 16.5. The van der Waals surface area contributed by atoms with Crippen molar-refractivity contribution in [3.63, 3.8) is 0 Å². The van der Waals surface area contributed by atoms with E-state index in [1.165, 1.54) is 5.01 Å². The molecule has 0 saturated carbocycles. The number of benzene rings is 3. The number of methoxy groups -OCH3 is 2. The molecule has 1 aliphatic heterocycles. The van der Waals surface area contributed by atoms with Crippen molar-refractivity contribution in [2.75, 3.05) is 26.1 Å². The molecule has 1 heterocycles. The number of amides is 2. The molecule has 0 saturated heterocycles. The molecule has 8 heteroatoms. The van der Waals surface area contributed by atoms with E-state index in [4.69, 9.17) is 14.2 Å². The summed E-state index contributed by atoms with van der Waals surface area (Å²) >= 11 is 0. The molecule has 0 bridgehead atoms. The average Bonchev–Trinajstić information content (AvgIpc) is 2.85. The zero-order valence-electron chi connectivity index (χ0n) is 18.6. The minimum atomic E-state index is -0.671. The first-order valence-corrected chi connectivity index (χ1v) is 10.4. The SMILES string of the molecule is COc1ccc(C2Nc3ccccc3C(=O)N2NC(=O)COc2ccc(C)cc2)cc1OC. The summed E-state index contributed by atoms with van der Waals surface area (Å²) in [7, 11) is 3.09. The quantitative estimate of drug-likeness (QED) is 0.574. The fraction of sp³-hybridized carbons (Fsp3) is 0.200. The summed E-state index contributed by atoms with van der Waals surface area (Å²) in [6.07, 6.45) is -0.671. The largest absolute Gasteiger partial charge is 0.493 e. The third kappa shape index (κ3) is 4.69. The first-order valence-electron chi connectivity index (χ1n) is 10.4. The van der Waals surface area contributed by atoms with Crippen LogP contribution in [0.25, 0.3) is 0 Å². The number of carbonyl (C=O) groups excluding carboxylic acids is 2. The predicted octanol–water partition coefficient (Wildman–Crippen LogP) is 3.69. The van der Waals surface area contributed by atoms with Crippen molar-refractivity contribution in [2.24, 2.45) is 0 Å². The van der Waals surface area contributed by atoms with E-state index in [-0.39, 0.29) is 12.5 Å². The van der Waals surface area contributed by atoms with Crippen LogP contribution in [0.4, 0.5) is 5.69 Å². The van der Waals surface area contributed by atoms with Crippen LogP contribution in [0.15, 0.2) is 66.7 Å². The van der Waals surface area contributed by atoms with Crippen molar-refractivity contribution in [3.8, 4) is 17.2 Å². The Labute approximate surface area is 192 Å². The zero-order chi connectivity index (χ0) is 23.4. The van der Waals surface area contributed by atoms with Crippen molar-refractivity contribution in [3.05, 3.63) is 83.4 Å². The van der Waals surface area contributed by atoms with E-state index in [9.17, 15) is 9.59 Å². The maximum Gasteiger partial charge on any atom is 0.276 e. The van der Waals surface area contributed by atoms with Gasteiger partial charge >= 0.3 is 0 Å². The minimum Gasteiger partial charge on any atom is -0.493 e. The van der Waals surface area contributed by atoms with Crippen LogP contribution in [0.1, 0.15) is 27.7 Å². The Balaban J connectivity index is 1.59. The van der Waals surface area contributed by atoms with Crippen molar-refractivity contribution >= 4 is 17.5 Å². The Morgan fingerprint density at radius 1 is 1.00 bits per heavy atom. The van der Waals surface area contributed by atoms with Crippen LogP contribution >= 0.6 is 0 Å². The maximum atomic E-state index is 13.3. The van der Waals surface area contributed by atoms with Crippen LogP contribution < -0.4 is 25.0 Å². The van der Waals surface area contributed by atoms with Crippen LogP contribution in [-0.4, -0.2) is 37.6 Å². The number of hydrogen-bond donors (Lipinski definition) is 2. The molecule has 2 N–H and O–H groups in total. The van der Waals surface area contributed by atoms with Crippen LogP contribution in [0.2, 0.25) is 0 Å². The number of carbonyl (C=O) groups is 2. The fourth-order valence-corrected chi connectivity index (χ4v) is 3.57. The smallest absolute Gasteiger partial charge is 0.276 e. The molecule has 3 aromatic rings. The second-order valence-corrected chi connectivity index (χ2v) is 7.52. The molecule has 3 aromatic carbocycles. The number of para-hydroxylation sites is 1. The van der Waals surface area contributed by atoms with Crippen LogP contribution in [0, 0.1) is 6.92 Å². The lowest BCUT2D eigenvalue weighted by Crippen LogP contribution is -2.53. The van der Waals surface area contributed by atoms with E-state index in [0.29, 0.717) is 34.1 Å². The number of ether oxygens (including phenoxy) is 3. The molecule has 2 amide bonds. The summed E-state index contributed by atoms with van der Waals surface area (Å²) in [4.78, 5) is 26.0. The second kappa shape index (κ2) is 9.52. The molecule has 0 radical (unpaired) electrons. The van der Waals surface area contributed by atoms with Crippen LogP contribution in [0.5, 0.6) is 17.2 Å². The third-order valence-electron chi connectivity index (χ3n) is 5.29. The lowest BCUT2D eigenvalue weighted by atomic mass is 10.0. The Bertz CT molecular complexity index is 1160. The van der Waals surface area contributed by atoms with E-state index >= 15 is 0 Å². The molecule has 0 aliphatic carbocycles. The number of nitrogens with one attached hydrogen (secondary N) is 2. The van der Waals surface area contributed by atoms with E-state index in [1.807, 2.05) is 37.3 Å². The topological polar surface area (TPSA) is 89.1 Å². The van der Waals surface area contributed by atoms with Crippen molar-refractivity contribution < 1.29 is 23.8 Å². The van der Waals surface area contributed by atoms with Gasteiger partial charge in [0, 0.05) is 11.3 Å². The van der Waals surface area contributed by atoms with Crippen molar-refractivity contribution in [2.45, 2.75) is 13.1 Å². The molecule has 170 valence electrons. The van der Waals surface area contributed by atoms with Gasteiger partial charge in [0.25, 0.3) is 11.8 Å². The number of hydrazine groups is 1. The van der Waals surface area contributed by atoms with Gasteiger partial charge in [-0.3, -0.25) is 15.0 Å². The molecule has 1 atom stereocenters. The first kappa shape index (κ1) is 22.0. The van der Waals surface area contributed by atoms with Gasteiger partial charge in [-0.2, -0.15) is 0 Å². The number of nitrogens with zero attached hydrogens (tertiary/aromatic N) is 1. The molecule has 1 unspecified atom stereocenters. The molecule has 4 rings (SSSR count). The number of aryl methyl sites for hydroxylation is 1. The molecule has 33 heavy (non-hydrogen) atoms. The average molecular weight is 447 g/mol. The standard InChI is InChI=1S/C25H25N3O5/c1-16-8-11-18(12-9-16)33-15-23(29)27-28-24(17-10-13-21(31-2)22(14-17)32-3)26-20-7-5-4-6-19(20)25(28)30/h4-14,24,26H,15H2,1-3H3,(H,27,29). The normalized spacial score (nSPS) is 14.7. The Hall–Kier alpha value is -4.20. The first-order chi connectivity index (χ1) is 16.0. The van der Waals surface area contributed by atoms with Gasteiger partial charge in [0.05, 0.1) is 19.8 Å². The second-order valence-electron chi connectivity index (χ2n) is 7.52. The zero-order valence-corrected chi connectivity index (χ0v) is 18.6. The number of fused-ring (bicyclic) bond motifs is 1. The highest BCUT2D eigenvalue weighted by Gasteiger charge is 2.34. The Morgan fingerprint density at radius 2 is 1.73 bits per heavy atom. The van der Waals surface area contributed by atoms with E-state index in [1.54, 1.807) is 50.6 Å². The highest BCUT2D eigenvalue weighted by Crippen LogP contribution is 2.36. The molecule has 0 fully saturated rings. The molecule has 0 aromatic heterocycles. The summed E-state index contributed by atoms with van der Waals surface area (Å²) in [6, 6.07) is 19.8. The van der Waals surface area contributed by atoms with Crippen LogP contribution in [-0.2, 0) is 4.79 Å². The molecular weight excluding hydrogens is 422 g/mol. The maximum absolute atomic E-state index is 13.3. The summed E-state index contributed by atoms with van der Waals surface area (Å²) in [6.45, 7) is 1.73. The molecule has 1 aliphatic rings. The third-order valence-corrected chi connectivity index (χ3v) is 5.29. The predicted molar refractivity (Wildman–Crippen MR) is 123 cm³/mol. The lowest BCUT2D eigenvalue weighted by molar-refractivity contribution is -0.127. The Morgan fingerprint density at radius 3 is 2.45 bits per heavy atom. The van der Waals surface area contributed by atoms with Gasteiger partial charge in [-0.25, -0.2) is 5.01 Å². The van der Waals surface area contributed by atoms with E-state index in [2.05, 4.69) is 10.7 Å². The van der Waals surface area contributed by atoms with Crippen molar-refractivity contribution in [1.29, 1.82) is 0 Å². The van der Waals surface area contributed by atoms with Gasteiger partial charge in [-0.05, 0) is 43.3 Å². The van der Waals surface area contributed by atoms with Gasteiger partial charge in [0.2, 0.25) is 0 Å². The summed E-state index contributed by atoms with van der Waals surface area (Å²) in [5.41, 5.74) is 5.61. The molecule has 8 nitrogen and oxygen atoms in total. The monoisotopic (exact) mass is 447 g/mol. The van der Waals surface area contributed by atoms with Gasteiger partial charge in [-0.15, -0.1) is 0 Å². The summed E-state index contributed by atoms with van der Waals surface area (Å²) < 4.78 is 16.3. The fourth-order valence-electron chi connectivity index (χ4n) is 3.57. The molecular formula is C25H25N3O5. The van der Waals surface area contributed by atoms with Gasteiger partial charge in [0.15, 0.2) is 18.1 Å². The number of anilines is 1. The summed E-state index contributed by atoms with van der Waals surface area (Å²) in [5, 5.41) is 4.59.